The molecule has 3 heteroatoms. The van der Waals surface area contributed by atoms with E-state index >= 15 is 0 Å². The average molecular weight is 290 g/mol. The van der Waals surface area contributed by atoms with Gasteiger partial charge in [0.15, 0.2) is 5.60 Å². The Morgan fingerprint density at radius 2 is 1.67 bits per heavy atom. The van der Waals surface area contributed by atoms with E-state index in [9.17, 15) is 9.90 Å². The van der Waals surface area contributed by atoms with Crippen molar-refractivity contribution in [2.45, 2.75) is 64.1 Å². The average Bonchev–Trinajstić information content (AvgIpc) is 2.46. The van der Waals surface area contributed by atoms with Crippen molar-refractivity contribution < 1.29 is 14.6 Å². The molecule has 1 aromatic rings. The maximum Gasteiger partial charge on any atom is 0.343 e. The van der Waals surface area contributed by atoms with E-state index in [4.69, 9.17) is 4.74 Å². The third kappa shape index (κ3) is 3.65. The molecule has 3 nitrogen and oxygen atoms in total. The van der Waals surface area contributed by atoms with E-state index in [-0.39, 0.29) is 5.92 Å². The van der Waals surface area contributed by atoms with E-state index in [0.717, 1.165) is 25.7 Å². The Labute approximate surface area is 127 Å². The lowest BCUT2D eigenvalue weighted by molar-refractivity contribution is -0.187. The second kappa shape index (κ2) is 6.18. The largest absolute Gasteiger partial charge is 0.458 e. The van der Waals surface area contributed by atoms with Gasteiger partial charge >= 0.3 is 5.97 Å². The lowest BCUT2D eigenvalue weighted by Gasteiger charge is -2.38. The third-order valence-electron chi connectivity index (χ3n) is 4.12. The van der Waals surface area contributed by atoms with Gasteiger partial charge in [-0.05, 0) is 39.2 Å². The molecule has 0 heterocycles. The molecule has 21 heavy (non-hydrogen) atoms. The smallest absolute Gasteiger partial charge is 0.343 e. The second-order valence-corrected chi connectivity index (χ2v) is 6.97. The number of esters is 1. The summed E-state index contributed by atoms with van der Waals surface area (Å²) in [6, 6.07) is 9.23. The first-order valence-electron chi connectivity index (χ1n) is 7.85. The Bertz CT molecular complexity index is 469. The van der Waals surface area contributed by atoms with Gasteiger partial charge in [-0.15, -0.1) is 0 Å². The number of benzene rings is 1. The molecular formula is C18H26O3. The number of hydrogen-bond acceptors (Lipinski definition) is 3. The first kappa shape index (κ1) is 16.0. The predicted octanol–water partition coefficient (Wildman–Crippen LogP) is 3.80. The minimum Gasteiger partial charge on any atom is -0.458 e. The summed E-state index contributed by atoms with van der Waals surface area (Å²) in [5.74, 6) is -0.586. The minimum atomic E-state index is -1.53. The van der Waals surface area contributed by atoms with Crippen LogP contribution in [-0.2, 0) is 15.1 Å². The first-order valence-corrected chi connectivity index (χ1v) is 7.85. The van der Waals surface area contributed by atoms with Crippen molar-refractivity contribution in [3.63, 3.8) is 0 Å². The molecule has 1 saturated carbocycles. The Morgan fingerprint density at radius 1 is 1.10 bits per heavy atom. The van der Waals surface area contributed by atoms with Crippen LogP contribution in [0.15, 0.2) is 30.3 Å². The lowest BCUT2D eigenvalue weighted by atomic mass is 9.73. The fourth-order valence-electron chi connectivity index (χ4n) is 3.09. The van der Waals surface area contributed by atoms with Crippen LogP contribution in [0, 0.1) is 5.92 Å². The summed E-state index contributed by atoms with van der Waals surface area (Å²) in [6.45, 7) is 5.49. The molecule has 1 aliphatic carbocycles. The van der Waals surface area contributed by atoms with Crippen LogP contribution in [0.2, 0.25) is 0 Å². The van der Waals surface area contributed by atoms with Crippen molar-refractivity contribution in [2.24, 2.45) is 5.92 Å². The maximum absolute atomic E-state index is 12.7. The molecule has 1 fully saturated rings. The summed E-state index contributed by atoms with van der Waals surface area (Å²) < 4.78 is 5.52. The quantitative estimate of drug-likeness (QED) is 0.861. The number of carbonyl (C=O) groups excluding carboxylic acids is 1. The SMILES string of the molecule is CC(C)(C)OC(=O)C(O)(c1ccccc1)C1CCCCC1. The predicted molar refractivity (Wildman–Crippen MR) is 82.8 cm³/mol. The molecule has 2 rings (SSSR count). The molecule has 1 aliphatic rings. The van der Waals surface area contributed by atoms with E-state index in [2.05, 4.69) is 0 Å². The maximum atomic E-state index is 12.7. The van der Waals surface area contributed by atoms with E-state index < -0.39 is 17.2 Å². The van der Waals surface area contributed by atoms with Crippen molar-refractivity contribution in [3.05, 3.63) is 35.9 Å². The number of ether oxygens (including phenoxy) is 1. The molecule has 0 saturated heterocycles. The lowest BCUT2D eigenvalue weighted by Crippen LogP contribution is -2.47. The van der Waals surface area contributed by atoms with Crippen LogP contribution in [0.4, 0.5) is 0 Å². The van der Waals surface area contributed by atoms with Crippen LogP contribution in [0.5, 0.6) is 0 Å². The fraction of sp³-hybridized carbons (Fsp3) is 0.611. The van der Waals surface area contributed by atoms with E-state index in [1.54, 1.807) is 0 Å². The van der Waals surface area contributed by atoms with Gasteiger partial charge in [-0.25, -0.2) is 4.79 Å². The zero-order valence-electron chi connectivity index (χ0n) is 13.3. The first-order chi connectivity index (χ1) is 9.84. The van der Waals surface area contributed by atoms with Gasteiger partial charge < -0.3 is 9.84 Å². The fourth-order valence-corrected chi connectivity index (χ4v) is 3.09. The molecule has 0 spiro atoms. The minimum absolute atomic E-state index is 0.0662. The zero-order valence-corrected chi connectivity index (χ0v) is 13.3. The van der Waals surface area contributed by atoms with Gasteiger partial charge in [0.1, 0.15) is 5.60 Å². The van der Waals surface area contributed by atoms with E-state index in [0.29, 0.717) is 5.56 Å². The molecule has 0 radical (unpaired) electrons. The molecule has 0 aliphatic heterocycles. The normalized spacial score (nSPS) is 19.8. The molecule has 1 atom stereocenters. The highest BCUT2D eigenvalue weighted by atomic mass is 16.6. The molecule has 0 bridgehead atoms. The summed E-state index contributed by atoms with van der Waals surface area (Å²) in [6.07, 6.45) is 5.02. The monoisotopic (exact) mass is 290 g/mol. The Hall–Kier alpha value is -1.35. The Balaban J connectivity index is 2.36. The number of rotatable bonds is 3. The van der Waals surface area contributed by atoms with Gasteiger partial charge in [0.2, 0.25) is 0 Å². The van der Waals surface area contributed by atoms with Crippen LogP contribution >= 0.6 is 0 Å². The summed E-state index contributed by atoms with van der Waals surface area (Å²) >= 11 is 0. The third-order valence-corrected chi connectivity index (χ3v) is 4.12. The molecule has 1 aromatic carbocycles. The standard InChI is InChI=1S/C18H26O3/c1-17(2,3)21-16(19)18(20,14-10-6-4-7-11-14)15-12-8-5-9-13-15/h4,6-7,10-11,15,20H,5,8-9,12-13H2,1-3H3. The molecule has 1 unspecified atom stereocenters. The van der Waals surface area contributed by atoms with E-state index in [1.165, 1.54) is 6.42 Å². The summed E-state index contributed by atoms with van der Waals surface area (Å²) in [5.41, 5.74) is -1.49. The van der Waals surface area contributed by atoms with Crippen LogP contribution < -0.4 is 0 Å². The van der Waals surface area contributed by atoms with Gasteiger partial charge in [-0.1, -0.05) is 49.6 Å². The van der Waals surface area contributed by atoms with Crippen molar-refractivity contribution in [2.75, 3.05) is 0 Å². The summed E-state index contributed by atoms with van der Waals surface area (Å²) in [4.78, 5) is 12.7. The van der Waals surface area contributed by atoms with Gasteiger partial charge in [0.25, 0.3) is 0 Å². The van der Waals surface area contributed by atoms with Gasteiger partial charge in [-0.2, -0.15) is 0 Å². The molecule has 116 valence electrons. The second-order valence-electron chi connectivity index (χ2n) is 6.97. The van der Waals surface area contributed by atoms with Gasteiger partial charge in [0, 0.05) is 5.92 Å². The highest BCUT2D eigenvalue weighted by Gasteiger charge is 2.48. The van der Waals surface area contributed by atoms with Crippen LogP contribution in [-0.4, -0.2) is 16.7 Å². The Kier molecular flexibility index (Phi) is 4.72. The van der Waals surface area contributed by atoms with Crippen molar-refractivity contribution in [1.29, 1.82) is 0 Å². The van der Waals surface area contributed by atoms with Crippen molar-refractivity contribution >= 4 is 5.97 Å². The molecular weight excluding hydrogens is 264 g/mol. The highest BCUT2D eigenvalue weighted by Crippen LogP contribution is 2.41. The van der Waals surface area contributed by atoms with Gasteiger partial charge in [0.05, 0.1) is 0 Å². The highest BCUT2D eigenvalue weighted by molar-refractivity contribution is 5.82. The Morgan fingerprint density at radius 3 is 2.19 bits per heavy atom. The molecule has 1 N–H and O–H groups in total. The van der Waals surface area contributed by atoms with Crippen LogP contribution in [0.3, 0.4) is 0 Å². The van der Waals surface area contributed by atoms with Crippen LogP contribution in [0.1, 0.15) is 58.4 Å². The number of aliphatic hydroxyl groups is 1. The number of hydrogen-bond donors (Lipinski definition) is 1. The summed E-state index contributed by atoms with van der Waals surface area (Å²) in [7, 11) is 0. The number of carbonyl (C=O) groups is 1. The van der Waals surface area contributed by atoms with E-state index in [1.807, 2.05) is 51.1 Å². The van der Waals surface area contributed by atoms with Gasteiger partial charge in [-0.3, -0.25) is 0 Å². The molecule has 0 amide bonds. The van der Waals surface area contributed by atoms with Crippen molar-refractivity contribution in [3.8, 4) is 0 Å². The van der Waals surface area contributed by atoms with Crippen LogP contribution in [0.25, 0.3) is 0 Å². The van der Waals surface area contributed by atoms with Crippen molar-refractivity contribution in [1.82, 2.24) is 0 Å². The topological polar surface area (TPSA) is 46.5 Å². The summed E-state index contributed by atoms with van der Waals surface area (Å²) in [5, 5.41) is 11.3. The zero-order chi connectivity index (χ0) is 15.5. The molecule has 0 aromatic heterocycles.